The van der Waals surface area contributed by atoms with Crippen LogP contribution in [-0.4, -0.2) is 86.8 Å². The van der Waals surface area contributed by atoms with Crippen molar-refractivity contribution >= 4 is 17.8 Å². The lowest BCUT2D eigenvalue weighted by Crippen LogP contribution is -2.63. The second-order valence-corrected chi connectivity index (χ2v) is 8.22. The molecule has 2 aliphatic heterocycles. The molecule has 11 heteroatoms. The van der Waals surface area contributed by atoms with Crippen molar-refractivity contribution in [2.24, 2.45) is 11.8 Å². The maximum Gasteiger partial charge on any atom is 0.352 e. The average Bonchev–Trinajstić information content (AvgIpc) is 2.94. The minimum atomic E-state index is -1.23. The van der Waals surface area contributed by atoms with Gasteiger partial charge in [-0.05, 0) is 31.7 Å². The van der Waals surface area contributed by atoms with Gasteiger partial charge < -0.3 is 35.5 Å². The van der Waals surface area contributed by atoms with Gasteiger partial charge in [-0.25, -0.2) is 9.18 Å². The van der Waals surface area contributed by atoms with Gasteiger partial charge in [-0.3, -0.25) is 9.59 Å². The summed E-state index contributed by atoms with van der Waals surface area (Å²) in [7, 11) is 1.71. The van der Waals surface area contributed by atoms with Crippen molar-refractivity contribution in [3.63, 3.8) is 0 Å². The monoisotopic (exact) mass is 451 g/mol. The molecule has 1 aromatic carbocycles. The molecule has 0 bridgehead atoms. The highest BCUT2D eigenvalue weighted by atomic mass is 19.1. The molecule has 0 aromatic heterocycles. The number of halogens is 1. The Labute approximate surface area is 183 Å². The summed E-state index contributed by atoms with van der Waals surface area (Å²) in [6.07, 6.45) is -0.881. The van der Waals surface area contributed by atoms with Gasteiger partial charge in [0.05, 0.1) is 23.6 Å². The zero-order chi connectivity index (χ0) is 23.9. The number of aliphatic hydroxyl groups is 1. The number of rotatable bonds is 8. The fourth-order valence-corrected chi connectivity index (χ4v) is 4.41. The van der Waals surface area contributed by atoms with Crippen LogP contribution >= 0.6 is 0 Å². The fourth-order valence-electron chi connectivity index (χ4n) is 4.41. The largest absolute Gasteiger partial charge is 0.504 e. The molecule has 3 rings (SSSR count). The van der Waals surface area contributed by atoms with Gasteiger partial charge in [0.25, 0.3) is 5.91 Å². The molecule has 5 N–H and O–H groups in total. The molecule has 1 fully saturated rings. The van der Waals surface area contributed by atoms with Crippen LogP contribution in [0.4, 0.5) is 4.39 Å². The molecule has 10 nitrogen and oxygen atoms in total. The van der Waals surface area contributed by atoms with Gasteiger partial charge in [-0.2, -0.15) is 0 Å². The van der Waals surface area contributed by atoms with E-state index in [1.54, 1.807) is 11.9 Å². The zero-order valence-corrected chi connectivity index (χ0v) is 17.9. The lowest BCUT2D eigenvalue weighted by atomic mass is 9.77. The number of aliphatic hydroxyl groups excluding tert-OH is 1. The molecule has 174 valence electrons. The number of carboxylic acid groups (broad SMARTS) is 1. The van der Waals surface area contributed by atoms with E-state index in [0.717, 1.165) is 12.1 Å². The zero-order valence-electron chi connectivity index (χ0n) is 17.9. The molecule has 0 spiro atoms. The number of nitrogens with zero attached hydrogens (tertiary/aromatic N) is 2. The van der Waals surface area contributed by atoms with E-state index in [9.17, 15) is 39.2 Å². The average molecular weight is 451 g/mol. The molecule has 1 unspecified atom stereocenters. The molecule has 0 radical (unpaired) electrons. The summed E-state index contributed by atoms with van der Waals surface area (Å²) in [5.41, 5.74) is 0.0690. The van der Waals surface area contributed by atoms with Crippen LogP contribution in [0.3, 0.4) is 0 Å². The molecule has 0 aliphatic carbocycles. The van der Waals surface area contributed by atoms with E-state index in [1.165, 1.54) is 11.8 Å². The number of likely N-dealkylation sites (N-methyl/N-ethyl adjacent to an activating group) is 1. The SMILES string of the molecule is C[C@@H](O)C1C(=O)N2C(C(=O)O)=C(CN(C)CCNC(=O)c3ccc(O)c(O)c3F)[C@H](C)[C@H]12. The van der Waals surface area contributed by atoms with Gasteiger partial charge in [0, 0.05) is 25.6 Å². The van der Waals surface area contributed by atoms with Crippen LogP contribution in [0.5, 0.6) is 11.5 Å². The van der Waals surface area contributed by atoms with Gasteiger partial charge >= 0.3 is 5.97 Å². The third-order valence-electron chi connectivity index (χ3n) is 6.08. The van der Waals surface area contributed by atoms with Gasteiger partial charge in [-0.1, -0.05) is 6.92 Å². The third-order valence-corrected chi connectivity index (χ3v) is 6.08. The number of fused-ring (bicyclic) bond motifs is 1. The Hall–Kier alpha value is -3.18. The van der Waals surface area contributed by atoms with E-state index in [4.69, 9.17) is 0 Å². The maximum absolute atomic E-state index is 13.9. The van der Waals surface area contributed by atoms with Crippen LogP contribution in [0.2, 0.25) is 0 Å². The number of nitrogens with one attached hydrogen (secondary N) is 1. The molecular weight excluding hydrogens is 425 g/mol. The van der Waals surface area contributed by atoms with Crippen molar-refractivity contribution in [2.75, 3.05) is 26.7 Å². The first kappa shape index (κ1) is 23.5. The highest BCUT2D eigenvalue weighted by Gasteiger charge is 2.59. The van der Waals surface area contributed by atoms with E-state index < -0.39 is 58.7 Å². The van der Waals surface area contributed by atoms with Crippen molar-refractivity contribution in [3.05, 3.63) is 34.8 Å². The van der Waals surface area contributed by atoms with Crippen LogP contribution in [0.15, 0.2) is 23.4 Å². The number of hydrogen-bond acceptors (Lipinski definition) is 7. The van der Waals surface area contributed by atoms with Crippen molar-refractivity contribution in [1.82, 2.24) is 15.1 Å². The van der Waals surface area contributed by atoms with Gasteiger partial charge in [0.2, 0.25) is 5.91 Å². The quantitative estimate of drug-likeness (QED) is 0.276. The Balaban J connectivity index is 1.63. The normalized spacial score (nSPS) is 23.2. The predicted molar refractivity (Wildman–Crippen MR) is 109 cm³/mol. The number of carboxylic acids is 1. The first-order valence-electron chi connectivity index (χ1n) is 10.1. The first-order valence-corrected chi connectivity index (χ1v) is 10.1. The second-order valence-electron chi connectivity index (χ2n) is 8.22. The molecule has 1 saturated heterocycles. The lowest BCUT2D eigenvalue weighted by Gasteiger charge is -2.46. The molecule has 4 atom stereocenters. The number of β-lactam (4-membered cyclic amide) rings is 1. The van der Waals surface area contributed by atoms with Crippen molar-refractivity contribution in [2.45, 2.75) is 26.0 Å². The second kappa shape index (κ2) is 8.75. The summed E-state index contributed by atoms with van der Waals surface area (Å²) < 4.78 is 13.9. The topological polar surface area (TPSA) is 151 Å². The Morgan fingerprint density at radius 1 is 1.31 bits per heavy atom. The lowest BCUT2D eigenvalue weighted by molar-refractivity contribution is -0.163. The van der Waals surface area contributed by atoms with Crippen LogP contribution in [0.25, 0.3) is 0 Å². The fraction of sp³-hybridized carbons (Fsp3) is 0.476. The van der Waals surface area contributed by atoms with Gasteiger partial charge in [-0.15, -0.1) is 0 Å². The number of phenolic OH excluding ortho intramolecular Hbond substituents is 2. The summed E-state index contributed by atoms with van der Waals surface area (Å²) in [4.78, 5) is 39.4. The number of aromatic hydroxyl groups is 2. The molecule has 2 heterocycles. The Morgan fingerprint density at radius 2 is 1.97 bits per heavy atom. The van der Waals surface area contributed by atoms with E-state index in [1.807, 2.05) is 6.92 Å². The number of benzene rings is 1. The Morgan fingerprint density at radius 3 is 2.56 bits per heavy atom. The third kappa shape index (κ3) is 3.89. The Bertz CT molecular complexity index is 994. The van der Waals surface area contributed by atoms with Crippen LogP contribution in [0.1, 0.15) is 24.2 Å². The van der Waals surface area contributed by atoms with Crippen LogP contribution in [-0.2, 0) is 9.59 Å². The molecule has 32 heavy (non-hydrogen) atoms. The molecule has 2 aliphatic rings. The van der Waals surface area contributed by atoms with Gasteiger partial charge in [0.15, 0.2) is 17.3 Å². The highest BCUT2D eigenvalue weighted by Crippen LogP contribution is 2.47. The van der Waals surface area contributed by atoms with Crippen molar-refractivity contribution in [1.29, 1.82) is 0 Å². The van der Waals surface area contributed by atoms with Crippen LogP contribution in [0, 0.1) is 17.7 Å². The summed E-state index contributed by atoms with van der Waals surface area (Å²) in [5, 5.41) is 40.7. The van der Waals surface area contributed by atoms with Crippen molar-refractivity contribution < 1.29 is 39.2 Å². The van der Waals surface area contributed by atoms with E-state index in [-0.39, 0.29) is 24.7 Å². The first-order chi connectivity index (χ1) is 15.0. The van der Waals surface area contributed by atoms with E-state index >= 15 is 0 Å². The van der Waals surface area contributed by atoms with E-state index in [0.29, 0.717) is 12.1 Å². The maximum atomic E-state index is 13.9. The summed E-state index contributed by atoms with van der Waals surface area (Å²) >= 11 is 0. The Kier molecular flexibility index (Phi) is 6.42. The van der Waals surface area contributed by atoms with Crippen LogP contribution < -0.4 is 5.32 Å². The van der Waals surface area contributed by atoms with Crippen molar-refractivity contribution in [3.8, 4) is 11.5 Å². The van der Waals surface area contributed by atoms with E-state index in [2.05, 4.69) is 5.32 Å². The number of phenols is 2. The minimum absolute atomic E-state index is 0.0677. The summed E-state index contributed by atoms with van der Waals surface area (Å²) in [6.45, 7) is 3.94. The number of carbonyl (C=O) groups excluding carboxylic acids is 2. The summed E-state index contributed by atoms with van der Waals surface area (Å²) in [5.74, 6) is -6.20. The molecule has 1 aromatic rings. The molecule has 0 saturated carbocycles. The minimum Gasteiger partial charge on any atom is -0.504 e. The number of carbonyl (C=O) groups is 3. The smallest absolute Gasteiger partial charge is 0.352 e. The molecule has 2 amide bonds. The summed E-state index contributed by atoms with van der Waals surface area (Å²) in [6, 6.07) is 1.65. The standard InChI is InChI=1S/C21H26FN3O7/c1-9-12(17(21(31)32)25-16(9)14(10(2)26)20(25)30)8-24(3)7-6-23-19(29)11-4-5-13(27)18(28)15(11)22/h4-5,9-10,14,16,26-28H,6-8H2,1-3H3,(H,23,29)(H,31,32)/t9-,10+,14?,16+/m0/s1. The number of aliphatic carboxylic acids is 1. The number of hydrogen-bond donors (Lipinski definition) is 5. The highest BCUT2D eigenvalue weighted by molar-refractivity contribution is 6.00. The number of amides is 2. The predicted octanol–water partition coefficient (Wildman–Crippen LogP) is 0.0947. The molecular formula is C21H26FN3O7. The van der Waals surface area contributed by atoms with Gasteiger partial charge in [0.1, 0.15) is 5.70 Å².